The van der Waals surface area contributed by atoms with Crippen molar-refractivity contribution in [1.82, 2.24) is 4.98 Å². The van der Waals surface area contributed by atoms with Crippen LogP contribution in [0.5, 0.6) is 5.75 Å². The minimum Gasteiger partial charge on any atom is -0.376 e. The molecule has 3 aromatic rings. The van der Waals surface area contributed by atoms with Crippen LogP contribution in [0.25, 0.3) is 10.1 Å². The largest absolute Gasteiger partial charge is 0.376 e. The summed E-state index contributed by atoms with van der Waals surface area (Å²) in [7, 11) is -3.85. The molecule has 3 rings (SSSR count). The Morgan fingerprint density at radius 3 is 2.52 bits per heavy atom. The van der Waals surface area contributed by atoms with E-state index in [1.54, 1.807) is 18.3 Å². The van der Waals surface area contributed by atoms with E-state index in [1.165, 1.54) is 29.7 Å². The smallest absolute Gasteiger partial charge is 0.339 e. The Bertz CT molecular complexity index is 896. The van der Waals surface area contributed by atoms with E-state index >= 15 is 0 Å². The molecule has 0 aliphatic rings. The Balaban J connectivity index is 2.03. The summed E-state index contributed by atoms with van der Waals surface area (Å²) in [4.78, 5) is 5.25. The average molecular weight is 319 g/mol. The Morgan fingerprint density at radius 1 is 1.10 bits per heavy atom. The number of aromatic nitrogens is 1. The van der Waals surface area contributed by atoms with E-state index in [2.05, 4.69) is 4.98 Å². The van der Waals surface area contributed by atoms with Crippen molar-refractivity contribution in [2.24, 2.45) is 0 Å². The first-order chi connectivity index (χ1) is 9.95. The number of rotatable bonds is 3. The number of thiophene rings is 1. The summed E-state index contributed by atoms with van der Waals surface area (Å²) in [6, 6.07) is 8.52. The first kappa shape index (κ1) is 14.0. The predicted octanol–water partition coefficient (Wildman–Crippen LogP) is 3.68. The van der Waals surface area contributed by atoms with Gasteiger partial charge in [0.2, 0.25) is 0 Å². The van der Waals surface area contributed by atoms with Crippen molar-refractivity contribution in [3.05, 3.63) is 53.2 Å². The Morgan fingerprint density at radius 2 is 1.81 bits per heavy atom. The Kier molecular flexibility index (Phi) is 3.43. The van der Waals surface area contributed by atoms with Crippen LogP contribution in [0.2, 0.25) is 0 Å². The van der Waals surface area contributed by atoms with Crippen LogP contribution in [0.4, 0.5) is 0 Å². The summed E-state index contributed by atoms with van der Waals surface area (Å²) in [5, 5.41) is 0.883. The predicted molar refractivity (Wildman–Crippen MR) is 83.3 cm³/mol. The van der Waals surface area contributed by atoms with Crippen LogP contribution in [0, 0.1) is 13.8 Å². The molecule has 6 heteroatoms. The quantitative estimate of drug-likeness (QED) is 0.691. The van der Waals surface area contributed by atoms with Crippen LogP contribution < -0.4 is 4.18 Å². The van der Waals surface area contributed by atoms with Gasteiger partial charge in [0.25, 0.3) is 0 Å². The zero-order chi connectivity index (χ0) is 15.0. The summed E-state index contributed by atoms with van der Waals surface area (Å²) in [5.41, 5.74) is 0.992. The van der Waals surface area contributed by atoms with E-state index in [9.17, 15) is 8.42 Å². The van der Waals surface area contributed by atoms with Gasteiger partial charge >= 0.3 is 10.1 Å². The van der Waals surface area contributed by atoms with Gasteiger partial charge in [-0.1, -0.05) is 17.7 Å². The molecular weight excluding hydrogens is 306 g/mol. The Hall–Kier alpha value is -1.92. The van der Waals surface area contributed by atoms with Crippen molar-refractivity contribution < 1.29 is 12.6 Å². The number of fused-ring (bicyclic) bond motifs is 1. The van der Waals surface area contributed by atoms with Crippen LogP contribution in [0.1, 0.15) is 10.4 Å². The fourth-order valence-electron chi connectivity index (χ4n) is 2.00. The molecule has 2 aromatic heterocycles. The van der Waals surface area contributed by atoms with Crippen LogP contribution in [-0.2, 0) is 10.1 Å². The standard InChI is InChI=1S/C15H13NO3S2/c1-10-3-5-13(6-4-10)21(17,18)19-14-9-16-8-12-7-11(2)20-15(12)14/h3-9H,1-2H3. The number of nitrogens with zero attached hydrogens (tertiary/aromatic N) is 1. The van der Waals surface area contributed by atoms with Gasteiger partial charge in [-0.3, -0.25) is 4.98 Å². The minimum atomic E-state index is -3.85. The van der Waals surface area contributed by atoms with E-state index < -0.39 is 10.1 Å². The number of hydrogen-bond acceptors (Lipinski definition) is 5. The fourth-order valence-corrected chi connectivity index (χ4v) is 3.91. The maximum Gasteiger partial charge on any atom is 0.339 e. The van der Waals surface area contributed by atoms with Crippen molar-refractivity contribution in [3.8, 4) is 5.75 Å². The number of hydrogen-bond donors (Lipinski definition) is 0. The molecule has 21 heavy (non-hydrogen) atoms. The van der Waals surface area contributed by atoms with E-state index in [4.69, 9.17) is 4.18 Å². The molecular formula is C15H13NO3S2. The molecule has 0 aliphatic carbocycles. The molecule has 0 radical (unpaired) electrons. The molecule has 0 saturated heterocycles. The van der Waals surface area contributed by atoms with Crippen molar-refractivity contribution in [2.75, 3.05) is 0 Å². The van der Waals surface area contributed by atoms with Gasteiger partial charge in [-0.05, 0) is 32.0 Å². The number of pyridine rings is 1. The first-order valence-electron chi connectivity index (χ1n) is 6.31. The Labute approximate surface area is 127 Å². The van der Waals surface area contributed by atoms with Gasteiger partial charge in [-0.25, -0.2) is 0 Å². The summed E-state index contributed by atoms with van der Waals surface area (Å²) in [5.74, 6) is 0.270. The normalized spacial score (nSPS) is 11.7. The number of aryl methyl sites for hydroxylation is 2. The summed E-state index contributed by atoms with van der Waals surface area (Å²) < 4.78 is 30.7. The third kappa shape index (κ3) is 2.77. The zero-order valence-corrected chi connectivity index (χ0v) is 13.2. The van der Waals surface area contributed by atoms with Crippen molar-refractivity contribution in [2.45, 2.75) is 18.7 Å². The molecule has 0 fully saturated rings. The highest BCUT2D eigenvalue weighted by Gasteiger charge is 2.18. The second-order valence-corrected chi connectivity index (χ2v) is 7.57. The van der Waals surface area contributed by atoms with Crippen LogP contribution in [-0.4, -0.2) is 13.4 Å². The van der Waals surface area contributed by atoms with E-state index in [1.807, 2.05) is 19.9 Å². The molecule has 0 saturated carbocycles. The number of benzene rings is 1. The third-order valence-electron chi connectivity index (χ3n) is 3.02. The van der Waals surface area contributed by atoms with E-state index in [-0.39, 0.29) is 10.6 Å². The van der Waals surface area contributed by atoms with Crippen LogP contribution >= 0.6 is 11.3 Å². The molecule has 0 atom stereocenters. The lowest BCUT2D eigenvalue weighted by Gasteiger charge is -2.07. The van der Waals surface area contributed by atoms with Gasteiger partial charge in [-0.2, -0.15) is 8.42 Å². The molecule has 0 spiro atoms. The van der Waals surface area contributed by atoms with E-state index in [0.29, 0.717) is 0 Å². The van der Waals surface area contributed by atoms with Crippen LogP contribution in [0.15, 0.2) is 47.6 Å². The second kappa shape index (κ2) is 5.13. The SMILES string of the molecule is Cc1ccc(S(=O)(=O)Oc2cncc3cc(C)sc23)cc1. The lowest BCUT2D eigenvalue weighted by Crippen LogP contribution is -2.09. The second-order valence-electron chi connectivity index (χ2n) is 4.76. The lowest BCUT2D eigenvalue weighted by atomic mass is 10.2. The topological polar surface area (TPSA) is 56.3 Å². The van der Waals surface area contributed by atoms with Crippen molar-refractivity contribution in [3.63, 3.8) is 0 Å². The van der Waals surface area contributed by atoms with Gasteiger partial charge in [-0.15, -0.1) is 11.3 Å². The molecule has 0 N–H and O–H groups in total. The third-order valence-corrected chi connectivity index (χ3v) is 5.35. The lowest BCUT2D eigenvalue weighted by molar-refractivity contribution is 0.488. The van der Waals surface area contributed by atoms with Gasteiger partial charge in [0.15, 0.2) is 5.75 Å². The minimum absolute atomic E-state index is 0.137. The molecule has 2 heterocycles. The molecule has 108 valence electrons. The molecule has 0 bridgehead atoms. The van der Waals surface area contributed by atoms with Crippen molar-refractivity contribution >= 4 is 31.5 Å². The molecule has 0 aliphatic heterocycles. The molecule has 4 nitrogen and oxygen atoms in total. The zero-order valence-electron chi connectivity index (χ0n) is 11.5. The molecule has 1 aromatic carbocycles. The fraction of sp³-hybridized carbons (Fsp3) is 0.133. The van der Waals surface area contributed by atoms with Gasteiger partial charge in [0.05, 0.1) is 10.9 Å². The summed E-state index contributed by atoms with van der Waals surface area (Å²) >= 11 is 1.49. The highest BCUT2D eigenvalue weighted by atomic mass is 32.2. The van der Waals surface area contributed by atoms with Gasteiger partial charge in [0, 0.05) is 16.5 Å². The monoisotopic (exact) mass is 319 g/mol. The van der Waals surface area contributed by atoms with Gasteiger partial charge < -0.3 is 4.18 Å². The highest BCUT2D eigenvalue weighted by molar-refractivity contribution is 7.87. The molecule has 0 unspecified atom stereocenters. The molecule has 0 amide bonds. The maximum absolute atomic E-state index is 12.3. The summed E-state index contributed by atoms with van der Waals surface area (Å²) in [6.45, 7) is 3.86. The van der Waals surface area contributed by atoms with E-state index in [0.717, 1.165) is 20.5 Å². The highest BCUT2D eigenvalue weighted by Crippen LogP contribution is 2.33. The average Bonchev–Trinajstić information content (AvgIpc) is 2.80. The van der Waals surface area contributed by atoms with Gasteiger partial charge in [0.1, 0.15) is 4.90 Å². The maximum atomic E-state index is 12.3. The van der Waals surface area contributed by atoms with Crippen molar-refractivity contribution in [1.29, 1.82) is 0 Å². The van der Waals surface area contributed by atoms with Crippen LogP contribution in [0.3, 0.4) is 0 Å². The summed E-state index contributed by atoms with van der Waals surface area (Å²) in [6.07, 6.45) is 3.13. The first-order valence-corrected chi connectivity index (χ1v) is 8.53.